The number of aliphatic imine (C=N–C) groups is 1. The number of hydrogen-bond acceptors (Lipinski definition) is 5. The minimum atomic E-state index is 0.510. The molecule has 3 aromatic rings. The van der Waals surface area contributed by atoms with Gasteiger partial charge in [-0.15, -0.1) is 10.2 Å². The number of fused-ring (bicyclic) bond motifs is 1. The maximum absolute atomic E-state index is 5.99. The predicted octanol–water partition coefficient (Wildman–Crippen LogP) is 4.40. The summed E-state index contributed by atoms with van der Waals surface area (Å²) in [5, 5.41) is 17.6. The van der Waals surface area contributed by atoms with Crippen LogP contribution in [0.25, 0.3) is 11.0 Å². The van der Waals surface area contributed by atoms with Crippen LogP contribution in [0.3, 0.4) is 0 Å². The van der Waals surface area contributed by atoms with Crippen molar-refractivity contribution in [2.75, 3.05) is 19.3 Å². The van der Waals surface area contributed by atoms with Crippen LogP contribution in [0.1, 0.15) is 44.3 Å². The smallest absolute Gasteiger partial charge is 0.191 e. The first-order valence-corrected chi connectivity index (χ1v) is 12.2. The molecule has 0 aliphatic carbocycles. The zero-order valence-electron chi connectivity index (χ0n) is 19.2. The molecule has 0 bridgehead atoms. The van der Waals surface area contributed by atoms with Crippen LogP contribution in [0.4, 0.5) is 0 Å². The summed E-state index contributed by atoms with van der Waals surface area (Å²) >= 11 is 1.65. The Bertz CT molecular complexity index is 1010. The van der Waals surface area contributed by atoms with Crippen LogP contribution >= 0.6 is 11.8 Å². The second-order valence-corrected chi connectivity index (χ2v) is 8.75. The van der Waals surface area contributed by atoms with Crippen LogP contribution in [0.2, 0.25) is 0 Å². The number of furan rings is 1. The molecule has 0 saturated heterocycles. The van der Waals surface area contributed by atoms with Gasteiger partial charge in [-0.25, -0.2) is 4.99 Å². The van der Waals surface area contributed by atoms with Crippen molar-refractivity contribution < 1.29 is 4.42 Å². The molecule has 0 fully saturated rings. The quantitative estimate of drug-likeness (QED) is 0.210. The lowest BCUT2D eigenvalue weighted by molar-refractivity contribution is 0.477. The largest absolute Gasteiger partial charge is 0.459 e. The number of nitrogens with zero attached hydrogens (tertiary/aromatic N) is 4. The van der Waals surface area contributed by atoms with Crippen molar-refractivity contribution in [1.29, 1.82) is 0 Å². The van der Waals surface area contributed by atoms with Gasteiger partial charge in [0.2, 0.25) is 0 Å². The molecule has 0 radical (unpaired) electrons. The molecular formula is C23H34N6OS. The number of thioether (sulfide) groups is 1. The van der Waals surface area contributed by atoms with Crippen molar-refractivity contribution in [3.8, 4) is 0 Å². The van der Waals surface area contributed by atoms with Crippen molar-refractivity contribution in [3.63, 3.8) is 0 Å². The number of guanidine groups is 1. The highest BCUT2D eigenvalue weighted by atomic mass is 32.2. The lowest BCUT2D eigenvalue weighted by Crippen LogP contribution is -2.37. The van der Waals surface area contributed by atoms with Crippen LogP contribution in [-0.2, 0) is 19.5 Å². The van der Waals surface area contributed by atoms with E-state index in [9.17, 15) is 0 Å². The van der Waals surface area contributed by atoms with Crippen molar-refractivity contribution in [2.45, 2.75) is 58.8 Å². The third-order valence-electron chi connectivity index (χ3n) is 5.06. The molecule has 0 aliphatic heterocycles. The van der Waals surface area contributed by atoms with Crippen LogP contribution in [-0.4, -0.2) is 40.1 Å². The van der Waals surface area contributed by atoms with E-state index >= 15 is 0 Å². The highest BCUT2D eigenvalue weighted by Crippen LogP contribution is 2.25. The summed E-state index contributed by atoms with van der Waals surface area (Å²) < 4.78 is 8.23. The molecule has 168 valence electrons. The molecular weight excluding hydrogens is 408 g/mol. The number of rotatable bonds is 10. The number of hydrogen-bond donors (Lipinski definition) is 2. The van der Waals surface area contributed by atoms with Gasteiger partial charge in [0.1, 0.15) is 23.7 Å². The normalized spacial score (nSPS) is 12.1. The van der Waals surface area contributed by atoms with Gasteiger partial charge >= 0.3 is 0 Å². The van der Waals surface area contributed by atoms with E-state index in [1.54, 1.807) is 11.8 Å². The second-order valence-electron chi connectivity index (χ2n) is 7.98. The van der Waals surface area contributed by atoms with E-state index in [0.717, 1.165) is 71.7 Å². The van der Waals surface area contributed by atoms with Gasteiger partial charge in [-0.2, -0.15) is 0 Å². The van der Waals surface area contributed by atoms with E-state index in [0.29, 0.717) is 12.5 Å². The van der Waals surface area contributed by atoms with Crippen LogP contribution in [0.5, 0.6) is 0 Å². The van der Waals surface area contributed by atoms with E-state index < -0.39 is 0 Å². The van der Waals surface area contributed by atoms with Gasteiger partial charge in [0.05, 0.1) is 0 Å². The third-order valence-corrected chi connectivity index (χ3v) is 5.73. The average Bonchev–Trinajstić information content (AvgIpc) is 3.29. The SMILES string of the molecule is CCNC(=NCc1oc2ccccc2c1C)NCCCc1nnc(SC)n1CC(C)C. The summed E-state index contributed by atoms with van der Waals surface area (Å²) in [6.45, 7) is 11.7. The molecule has 0 spiro atoms. The summed E-state index contributed by atoms with van der Waals surface area (Å²) in [7, 11) is 0. The Balaban J connectivity index is 1.57. The van der Waals surface area contributed by atoms with Gasteiger partial charge in [-0.1, -0.05) is 43.8 Å². The topological polar surface area (TPSA) is 80.3 Å². The fourth-order valence-corrected chi connectivity index (χ4v) is 4.05. The van der Waals surface area contributed by atoms with Gasteiger partial charge in [0.25, 0.3) is 0 Å². The highest BCUT2D eigenvalue weighted by molar-refractivity contribution is 7.98. The lowest BCUT2D eigenvalue weighted by atomic mass is 10.1. The van der Waals surface area contributed by atoms with Gasteiger partial charge < -0.3 is 19.6 Å². The third kappa shape index (κ3) is 6.03. The van der Waals surface area contributed by atoms with Gasteiger partial charge in [0.15, 0.2) is 11.1 Å². The molecule has 1 aromatic carbocycles. The molecule has 0 unspecified atom stereocenters. The number of benzene rings is 1. The molecule has 2 aromatic heterocycles. The van der Waals surface area contributed by atoms with Gasteiger partial charge in [-0.3, -0.25) is 0 Å². The van der Waals surface area contributed by atoms with E-state index in [1.807, 2.05) is 18.2 Å². The Morgan fingerprint density at radius 3 is 2.74 bits per heavy atom. The maximum atomic E-state index is 5.99. The molecule has 3 rings (SSSR count). The lowest BCUT2D eigenvalue weighted by Gasteiger charge is -2.13. The zero-order chi connectivity index (χ0) is 22.2. The van der Waals surface area contributed by atoms with Crippen molar-refractivity contribution >= 4 is 28.7 Å². The summed E-state index contributed by atoms with van der Waals surface area (Å²) in [5.74, 6) is 3.33. The Morgan fingerprint density at radius 1 is 1.23 bits per heavy atom. The Kier molecular flexibility index (Phi) is 8.40. The number of aromatic nitrogens is 3. The summed E-state index contributed by atoms with van der Waals surface area (Å²) in [6.07, 6.45) is 3.89. The van der Waals surface area contributed by atoms with Crippen molar-refractivity contribution in [2.24, 2.45) is 10.9 Å². The molecule has 2 heterocycles. The van der Waals surface area contributed by atoms with Gasteiger partial charge in [0, 0.05) is 37.0 Å². The Hall–Kier alpha value is -2.48. The first-order chi connectivity index (χ1) is 15.0. The van der Waals surface area contributed by atoms with Crippen LogP contribution in [0, 0.1) is 12.8 Å². The molecule has 7 nitrogen and oxygen atoms in total. The molecule has 0 amide bonds. The van der Waals surface area contributed by atoms with Gasteiger partial charge in [-0.05, 0) is 38.5 Å². The molecule has 31 heavy (non-hydrogen) atoms. The second kappa shape index (κ2) is 11.2. The van der Waals surface area contributed by atoms with Crippen molar-refractivity contribution in [3.05, 3.63) is 41.4 Å². The monoisotopic (exact) mass is 442 g/mol. The minimum Gasteiger partial charge on any atom is -0.459 e. The summed E-state index contributed by atoms with van der Waals surface area (Å²) in [4.78, 5) is 4.72. The molecule has 0 saturated carbocycles. The summed E-state index contributed by atoms with van der Waals surface area (Å²) in [6, 6.07) is 8.12. The zero-order valence-corrected chi connectivity index (χ0v) is 20.1. The molecule has 2 N–H and O–H groups in total. The standard InChI is InChI=1S/C23H34N6OS/c1-6-24-22(26-14-20-17(4)18-10-7-8-11-19(18)30-20)25-13-9-12-21-27-28-23(31-5)29(21)15-16(2)3/h7-8,10-11,16H,6,9,12-15H2,1-5H3,(H2,24,25,26). The predicted molar refractivity (Wildman–Crippen MR) is 129 cm³/mol. The average molecular weight is 443 g/mol. The van der Waals surface area contributed by atoms with Crippen LogP contribution in [0.15, 0.2) is 38.8 Å². The Morgan fingerprint density at radius 2 is 2.03 bits per heavy atom. The first-order valence-electron chi connectivity index (χ1n) is 11.0. The number of para-hydroxylation sites is 1. The van der Waals surface area contributed by atoms with E-state index in [4.69, 9.17) is 9.41 Å². The first kappa shape index (κ1) is 23.2. The van der Waals surface area contributed by atoms with E-state index in [1.165, 1.54) is 0 Å². The van der Waals surface area contributed by atoms with E-state index in [2.05, 4.69) is 65.4 Å². The van der Waals surface area contributed by atoms with E-state index in [-0.39, 0.29) is 0 Å². The number of aryl methyl sites for hydroxylation is 2. The number of nitrogens with one attached hydrogen (secondary N) is 2. The fourth-order valence-electron chi connectivity index (χ4n) is 3.53. The Labute approximate surface area is 189 Å². The fraction of sp³-hybridized carbons (Fsp3) is 0.522. The highest BCUT2D eigenvalue weighted by Gasteiger charge is 2.13. The van der Waals surface area contributed by atoms with Crippen LogP contribution < -0.4 is 10.6 Å². The molecule has 8 heteroatoms. The maximum Gasteiger partial charge on any atom is 0.191 e. The minimum absolute atomic E-state index is 0.510. The molecule has 0 aliphatic rings. The van der Waals surface area contributed by atoms with Crippen molar-refractivity contribution in [1.82, 2.24) is 25.4 Å². The molecule has 0 atom stereocenters. The summed E-state index contributed by atoms with van der Waals surface area (Å²) in [5.41, 5.74) is 2.07.